The van der Waals surface area contributed by atoms with E-state index in [1.54, 1.807) is 19.2 Å². The molecule has 0 aliphatic heterocycles. The van der Waals surface area contributed by atoms with E-state index in [0.29, 0.717) is 28.6 Å². The minimum absolute atomic E-state index is 0.0549. The first-order chi connectivity index (χ1) is 12.9. The number of carbonyl (C=O) groups is 1. The van der Waals surface area contributed by atoms with Gasteiger partial charge in [0.2, 0.25) is 0 Å². The Hall–Kier alpha value is -2.44. The fourth-order valence-electron chi connectivity index (χ4n) is 2.85. The summed E-state index contributed by atoms with van der Waals surface area (Å²) in [4.78, 5) is 14.7. The maximum atomic E-state index is 12.7. The molecule has 0 heterocycles. The number of rotatable bonds is 8. The number of likely N-dealkylation sites (N-methyl/N-ethyl adjacent to an activating group) is 1. The summed E-state index contributed by atoms with van der Waals surface area (Å²) in [5, 5.41) is 3.27. The van der Waals surface area contributed by atoms with Gasteiger partial charge in [-0.2, -0.15) is 0 Å². The van der Waals surface area contributed by atoms with E-state index in [9.17, 15) is 4.79 Å². The lowest BCUT2D eigenvalue weighted by atomic mass is 10.0. The molecule has 0 radical (unpaired) electrons. The van der Waals surface area contributed by atoms with Crippen LogP contribution < -0.4 is 19.5 Å². The van der Waals surface area contributed by atoms with Gasteiger partial charge in [-0.15, -0.1) is 0 Å². The van der Waals surface area contributed by atoms with E-state index in [0.717, 1.165) is 11.3 Å². The van der Waals surface area contributed by atoms with Gasteiger partial charge < -0.3 is 24.4 Å². The summed E-state index contributed by atoms with van der Waals surface area (Å²) in [7, 11) is 8.54. The molecule has 146 valence electrons. The number of nitrogens with zero attached hydrogens (tertiary/aromatic N) is 1. The van der Waals surface area contributed by atoms with E-state index >= 15 is 0 Å². The van der Waals surface area contributed by atoms with Crippen LogP contribution in [-0.2, 0) is 0 Å². The topological polar surface area (TPSA) is 60.0 Å². The SMILES string of the molecule is COc1ccccc1[C@H](CNC(=O)c1cc(Cl)c(OC)c(OC)c1)N(C)C. The largest absolute Gasteiger partial charge is 0.496 e. The number of para-hydroxylation sites is 1. The first-order valence-corrected chi connectivity index (χ1v) is 8.79. The number of hydrogen-bond acceptors (Lipinski definition) is 5. The molecule has 0 saturated heterocycles. The van der Waals surface area contributed by atoms with Crippen LogP contribution in [0.4, 0.5) is 0 Å². The molecule has 0 aliphatic rings. The Kier molecular flexibility index (Phi) is 7.33. The third-order valence-electron chi connectivity index (χ3n) is 4.27. The summed E-state index contributed by atoms with van der Waals surface area (Å²) >= 11 is 6.20. The van der Waals surface area contributed by atoms with Crippen LogP contribution in [0.15, 0.2) is 36.4 Å². The van der Waals surface area contributed by atoms with E-state index in [-0.39, 0.29) is 11.9 Å². The fraction of sp³-hybridized carbons (Fsp3) is 0.350. The maximum absolute atomic E-state index is 12.7. The Morgan fingerprint density at radius 2 is 1.74 bits per heavy atom. The van der Waals surface area contributed by atoms with Gasteiger partial charge in [-0.3, -0.25) is 4.79 Å². The number of nitrogens with one attached hydrogen (secondary N) is 1. The van der Waals surface area contributed by atoms with Crippen molar-refractivity contribution in [2.45, 2.75) is 6.04 Å². The molecule has 0 unspecified atom stereocenters. The van der Waals surface area contributed by atoms with Crippen LogP contribution in [-0.4, -0.2) is 52.8 Å². The van der Waals surface area contributed by atoms with Gasteiger partial charge in [-0.05, 0) is 32.3 Å². The predicted molar refractivity (Wildman–Crippen MR) is 106 cm³/mol. The third kappa shape index (κ3) is 4.84. The maximum Gasteiger partial charge on any atom is 0.251 e. The molecule has 7 heteroatoms. The first-order valence-electron chi connectivity index (χ1n) is 8.42. The van der Waals surface area contributed by atoms with Crippen molar-refractivity contribution in [2.75, 3.05) is 42.0 Å². The van der Waals surface area contributed by atoms with E-state index in [1.165, 1.54) is 14.2 Å². The van der Waals surface area contributed by atoms with Crippen LogP contribution in [0.5, 0.6) is 17.2 Å². The van der Waals surface area contributed by atoms with E-state index in [2.05, 4.69) is 5.32 Å². The van der Waals surface area contributed by atoms with Gasteiger partial charge in [0.1, 0.15) is 5.75 Å². The normalized spacial score (nSPS) is 11.8. The number of hydrogen-bond donors (Lipinski definition) is 1. The second-order valence-corrected chi connectivity index (χ2v) is 6.53. The molecular formula is C20H25ClN2O4. The number of halogens is 1. The minimum Gasteiger partial charge on any atom is -0.496 e. The summed E-state index contributed by atoms with van der Waals surface area (Å²) in [5.74, 6) is 1.33. The van der Waals surface area contributed by atoms with Crippen LogP contribution in [0, 0.1) is 0 Å². The Balaban J connectivity index is 2.21. The van der Waals surface area contributed by atoms with Crippen molar-refractivity contribution < 1.29 is 19.0 Å². The summed E-state index contributed by atoms with van der Waals surface area (Å²) in [6, 6.07) is 10.9. The highest BCUT2D eigenvalue weighted by Crippen LogP contribution is 2.36. The van der Waals surface area contributed by atoms with Crippen molar-refractivity contribution in [3.8, 4) is 17.2 Å². The molecule has 27 heavy (non-hydrogen) atoms. The average molecular weight is 393 g/mol. The second kappa shape index (κ2) is 9.48. The van der Waals surface area contributed by atoms with Crippen molar-refractivity contribution in [3.05, 3.63) is 52.5 Å². The molecule has 0 fully saturated rings. The van der Waals surface area contributed by atoms with Crippen LogP contribution in [0.25, 0.3) is 0 Å². The van der Waals surface area contributed by atoms with Gasteiger partial charge in [0, 0.05) is 17.7 Å². The van der Waals surface area contributed by atoms with E-state index in [1.807, 2.05) is 43.3 Å². The molecule has 0 bridgehead atoms. The highest BCUT2D eigenvalue weighted by molar-refractivity contribution is 6.32. The molecule has 2 rings (SSSR count). The Morgan fingerprint density at radius 3 is 2.33 bits per heavy atom. The average Bonchev–Trinajstić information content (AvgIpc) is 2.67. The monoisotopic (exact) mass is 392 g/mol. The number of ether oxygens (including phenoxy) is 3. The lowest BCUT2D eigenvalue weighted by Crippen LogP contribution is -2.34. The molecular weight excluding hydrogens is 368 g/mol. The summed E-state index contributed by atoms with van der Waals surface area (Å²) in [5.41, 5.74) is 1.39. The highest BCUT2D eigenvalue weighted by Gasteiger charge is 2.20. The predicted octanol–water partition coefficient (Wildman–Crippen LogP) is 3.40. The van der Waals surface area contributed by atoms with Gasteiger partial charge in [0.15, 0.2) is 11.5 Å². The molecule has 1 atom stereocenters. The third-order valence-corrected chi connectivity index (χ3v) is 4.55. The zero-order valence-corrected chi connectivity index (χ0v) is 17.0. The smallest absolute Gasteiger partial charge is 0.251 e. The number of amides is 1. The molecule has 1 N–H and O–H groups in total. The molecule has 2 aromatic rings. The van der Waals surface area contributed by atoms with Crippen LogP contribution in [0.2, 0.25) is 5.02 Å². The fourth-order valence-corrected chi connectivity index (χ4v) is 3.14. The molecule has 1 amide bonds. The highest BCUT2D eigenvalue weighted by atomic mass is 35.5. The Bertz CT molecular complexity index is 796. The zero-order valence-electron chi connectivity index (χ0n) is 16.2. The Morgan fingerprint density at radius 1 is 1.07 bits per heavy atom. The van der Waals surface area contributed by atoms with Crippen molar-refractivity contribution in [2.24, 2.45) is 0 Å². The quantitative estimate of drug-likeness (QED) is 0.746. The van der Waals surface area contributed by atoms with Gasteiger partial charge in [0.05, 0.1) is 32.4 Å². The number of benzene rings is 2. The lowest BCUT2D eigenvalue weighted by molar-refractivity contribution is 0.0941. The first kappa shape index (κ1) is 20.9. The summed E-state index contributed by atoms with van der Waals surface area (Å²) < 4.78 is 15.9. The molecule has 0 aliphatic carbocycles. The van der Waals surface area contributed by atoms with Gasteiger partial charge in [0.25, 0.3) is 5.91 Å². The van der Waals surface area contributed by atoms with Crippen LogP contribution in [0.1, 0.15) is 22.0 Å². The number of carbonyl (C=O) groups excluding carboxylic acids is 1. The van der Waals surface area contributed by atoms with Crippen molar-refractivity contribution in [1.29, 1.82) is 0 Å². The van der Waals surface area contributed by atoms with E-state index < -0.39 is 0 Å². The van der Waals surface area contributed by atoms with Gasteiger partial charge in [-0.25, -0.2) is 0 Å². The van der Waals surface area contributed by atoms with Gasteiger partial charge >= 0.3 is 0 Å². The Labute approximate surface area is 165 Å². The molecule has 6 nitrogen and oxygen atoms in total. The van der Waals surface area contributed by atoms with E-state index in [4.69, 9.17) is 25.8 Å². The summed E-state index contributed by atoms with van der Waals surface area (Å²) in [6.07, 6.45) is 0. The van der Waals surface area contributed by atoms with Crippen LogP contribution >= 0.6 is 11.6 Å². The van der Waals surface area contributed by atoms with Crippen LogP contribution in [0.3, 0.4) is 0 Å². The molecule has 0 saturated carbocycles. The van der Waals surface area contributed by atoms with Crippen molar-refractivity contribution in [3.63, 3.8) is 0 Å². The van der Waals surface area contributed by atoms with Crippen molar-refractivity contribution in [1.82, 2.24) is 10.2 Å². The van der Waals surface area contributed by atoms with Gasteiger partial charge in [-0.1, -0.05) is 29.8 Å². The number of methoxy groups -OCH3 is 3. The lowest BCUT2D eigenvalue weighted by Gasteiger charge is -2.26. The molecule has 0 aromatic heterocycles. The minimum atomic E-state index is -0.250. The molecule has 0 spiro atoms. The second-order valence-electron chi connectivity index (χ2n) is 6.12. The standard InChI is InChI=1S/C20H25ClN2O4/c1-23(2)16(14-8-6-7-9-17(14)25-3)12-22-20(24)13-10-15(21)19(27-5)18(11-13)26-4/h6-11,16H,12H2,1-5H3,(H,22,24)/t16-/m0/s1. The zero-order chi connectivity index (χ0) is 20.0. The van der Waals surface area contributed by atoms with Crippen molar-refractivity contribution >= 4 is 17.5 Å². The summed E-state index contributed by atoms with van der Waals surface area (Å²) in [6.45, 7) is 0.401. The molecule has 2 aromatic carbocycles.